The number of carbonyl (C=O) groups is 1. The first-order chi connectivity index (χ1) is 10.0. The highest BCUT2D eigenvalue weighted by Crippen LogP contribution is 1.86. The van der Waals surface area contributed by atoms with Gasteiger partial charge in [-0.15, -0.1) is 0 Å². The second-order valence-electron chi connectivity index (χ2n) is 3.37. The Hall–Kier alpha value is -0.730. The molecule has 0 rings (SSSR count). The van der Waals surface area contributed by atoms with Crippen LogP contribution in [0.15, 0.2) is 0 Å². The van der Waals surface area contributed by atoms with E-state index in [1.165, 1.54) is 6.92 Å². The largest absolute Gasteiger partial charge is 0.466 e. The van der Waals surface area contributed by atoms with E-state index in [9.17, 15) is 4.79 Å². The van der Waals surface area contributed by atoms with Gasteiger partial charge in [0.1, 0.15) is 0 Å². The fourth-order valence-electron chi connectivity index (χ4n) is 0.564. The molecule has 0 amide bonds. The molecule has 4 N–H and O–H groups in total. The summed E-state index contributed by atoms with van der Waals surface area (Å²) in [5, 5.41) is 30.5. The van der Waals surface area contributed by atoms with Crippen molar-refractivity contribution in [3.05, 3.63) is 0 Å². The van der Waals surface area contributed by atoms with Crippen LogP contribution in [0.2, 0.25) is 0 Å². The van der Waals surface area contributed by atoms with Gasteiger partial charge in [-0.3, -0.25) is 4.79 Å². The van der Waals surface area contributed by atoms with Crippen molar-refractivity contribution in [2.75, 3.05) is 46.2 Å². The third-order valence-electron chi connectivity index (χ3n) is 1.41. The van der Waals surface area contributed by atoms with Crippen LogP contribution in [0.3, 0.4) is 0 Å². The maximum Gasteiger partial charge on any atom is 0.302 e. The van der Waals surface area contributed by atoms with E-state index in [0.717, 1.165) is 26.1 Å². The summed E-state index contributed by atoms with van der Waals surface area (Å²) in [6.45, 7) is 9.23. The average Bonchev–Trinajstić information content (AvgIpc) is 2.49. The number of hydrogen-bond acceptors (Lipinski definition) is 7. The second-order valence-corrected chi connectivity index (χ2v) is 3.37. The molecule has 0 saturated heterocycles. The molecule has 0 bridgehead atoms. The minimum atomic E-state index is -0.182. The van der Waals surface area contributed by atoms with Gasteiger partial charge in [-0.2, -0.15) is 0 Å². The Kier molecular flexibility index (Phi) is 49.5. The van der Waals surface area contributed by atoms with Gasteiger partial charge in [-0.05, 0) is 20.3 Å². The number of unbranched alkanes of at least 4 members (excludes halogenated alkanes) is 1. The van der Waals surface area contributed by atoms with Crippen molar-refractivity contribution in [1.29, 1.82) is 0 Å². The van der Waals surface area contributed by atoms with E-state index in [0.29, 0.717) is 6.61 Å². The van der Waals surface area contributed by atoms with Gasteiger partial charge < -0.3 is 29.9 Å². The lowest BCUT2D eigenvalue weighted by Crippen LogP contribution is -1.99. The van der Waals surface area contributed by atoms with Crippen molar-refractivity contribution in [2.45, 2.75) is 40.5 Å². The van der Waals surface area contributed by atoms with Crippen molar-refractivity contribution >= 4 is 5.97 Å². The zero-order chi connectivity index (χ0) is 17.4. The predicted octanol–water partition coefficient (Wildman–Crippen LogP) is 0.334. The Morgan fingerprint density at radius 2 is 1.24 bits per heavy atom. The maximum atomic E-state index is 10.1. The first kappa shape index (κ1) is 28.4. The van der Waals surface area contributed by atoms with Crippen LogP contribution in [0.5, 0.6) is 0 Å². The first-order valence-electron chi connectivity index (χ1n) is 7.16. The van der Waals surface area contributed by atoms with Crippen LogP contribution in [0, 0.1) is 0 Å². The minimum Gasteiger partial charge on any atom is -0.466 e. The first-order valence-corrected chi connectivity index (χ1v) is 7.16. The van der Waals surface area contributed by atoms with E-state index in [-0.39, 0.29) is 32.4 Å². The van der Waals surface area contributed by atoms with Crippen LogP contribution < -0.4 is 0 Å². The van der Waals surface area contributed by atoms with Gasteiger partial charge in [0.25, 0.3) is 0 Å². The SMILES string of the molecule is CCCCOC(C)=O.CCOCC.OCCO.OCCO. The summed E-state index contributed by atoms with van der Waals surface area (Å²) in [5.74, 6) is -0.182. The number of rotatable bonds is 7. The third-order valence-corrected chi connectivity index (χ3v) is 1.41. The van der Waals surface area contributed by atoms with Gasteiger partial charge in [0.15, 0.2) is 0 Å². The molecule has 0 heterocycles. The highest BCUT2D eigenvalue weighted by Gasteiger charge is 1.88. The van der Waals surface area contributed by atoms with E-state index >= 15 is 0 Å². The summed E-state index contributed by atoms with van der Waals surface area (Å²) in [5.41, 5.74) is 0. The number of aliphatic hydroxyl groups is 4. The summed E-state index contributed by atoms with van der Waals surface area (Å²) in [6.07, 6.45) is 2.05. The number of carbonyl (C=O) groups excluding carboxylic acids is 1. The molecule has 0 aromatic rings. The van der Waals surface area contributed by atoms with E-state index in [1.807, 2.05) is 13.8 Å². The molecule has 21 heavy (non-hydrogen) atoms. The van der Waals surface area contributed by atoms with Crippen molar-refractivity contribution in [1.82, 2.24) is 0 Å². The quantitative estimate of drug-likeness (QED) is 0.395. The van der Waals surface area contributed by atoms with Crippen LogP contribution in [-0.4, -0.2) is 72.6 Å². The van der Waals surface area contributed by atoms with Crippen molar-refractivity contribution in [2.24, 2.45) is 0 Å². The van der Waals surface area contributed by atoms with E-state index in [1.54, 1.807) is 0 Å². The van der Waals surface area contributed by atoms with Gasteiger partial charge >= 0.3 is 5.97 Å². The number of ether oxygens (including phenoxy) is 2. The fraction of sp³-hybridized carbons (Fsp3) is 0.929. The second kappa shape index (κ2) is 36.5. The molecule has 0 aliphatic carbocycles. The van der Waals surface area contributed by atoms with Crippen molar-refractivity contribution in [3.8, 4) is 0 Å². The van der Waals surface area contributed by atoms with Crippen molar-refractivity contribution < 1.29 is 34.7 Å². The van der Waals surface area contributed by atoms with E-state index in [2.05, 4.69) is 11.7 Å². The number of esters is 1. The summed E-state index contributed by atoms with van der Waals surface area (Å²) in [7, 11) is 0. The molecule has 0 saturated carbocycles. The normalized spacial score (nSPS) is 8.19. The molecule has 0 fully saturated rings. The Labute approximate surface area is 128 Å². The van der Waals surface area contributed by atoms with Gasteiger partial charge in [-0.25, -0.2) is 0 Å². The zero-order valence-electron chi connectivity index (χ0n) is 13.9. The Bertz CT molecular complexity index is 144. The molecule has 0 aliphatic heterocycles. The molecule has 0 radical (unpaired) electrons. The van der Waals surface area contributed by atoms with Crippen LogP contribution >= 0.6 is 0 Å². The predicted molar refractivity (Wildman–Crippen MR) is 82.1 cm³/mol. The Balaban J connectivity index is -0.0000000970. The van der Waals surface area contributed by atoms with Crippen LogP contribution in [0.25, 0.3) is 0 Å². The molecule has 7 heteroatoms. The summed E-state index contributed by atoms with van der Waals surface area (Å²) >= 11 is 0. The molecule has 0 aromatic carbocycles. The summed E-state index contributed by atoms with van der Waals surface area (Å²) in [6, 6.07) is 0. The molecule has 0 unspecified atom stereocenters. The lowest BCUT2D eigenvalue weighted by Gasteiger charge is -1.96. The summed E-state index contributed by atoms with van der Waals surface area (Å²) in [4.78, 5) is 10.1. The molecule has 0 atom stereocenters. The van der Waals surface area contributed by atoms with E-state index in [4.69, 9.17) is 25.2 Å². The molecular weight excluding hydrogens is 280 g/mol. The molecule has 0 aromatic heterocycles. The molecule has 7 nitrogen and oxygen atoms in total. The highest BCUT2D eigenvalue weighted by molar-refractivity contribution is 5.65. The standard InChI is InChI=1S/C6H12O2.C4H10O.2C2H6O2/c1-3-4-5-8-6(2)7;1-3-5-4-2;2*3-1-2-4/h3-5H2,1-2H3;3-4H2,1-2H3;2*3-4H,1-2H2. The summed E-state index contributed by atoms with van der Waals surface area (Å²) < 4.78 is 9.48. The lowest BCUT2D eigenvalue weighted by molar-refractivity contribution is -0.141. The highest BCUT2D eigenvalue weighted by atomic mass is 16.5. The monoisotopic (exact) mass is 314 g/mol. The Morgan fingerprint density at radius 1 is 0.857 bits per heavy atom. The molecule has 132 valence electrons. The van der Waals surface area contributed by atoms with Crippen LogP contribution in [0.1, 0.15) is 40.5 Å². The fourth-order valence-corrected chi connectivity index (χ4v) is 0.564. The van der Waals surface area contributed by atoms with Crippen molar-refractivity contribution in [3.63, 3.8) is 0 Å². The zero-order valence-corrected chi connectivity index (χ0v) is 13.9. The molecule has 0 spiro atoms. The number of aliphatic hydroxyl groups excluding tert-OH is 4. The molecule has 0 aliphatic rings. The van der Waals surface area contributed by atoms with Crippen LogP contribution in [-0.2, 0) is 14.3 Å². The minimum absolute atomic E-state index is 0.125. The lowest BCUT2D eigenvalue weighted by atomic mass is 10.4. The smallest absolute Gasteiger partial charge is 0.302 e. The van der Waals surface area contributed by atoms with E-state index < -0.39 is 0 Å². The van der Waals surface area contributed by atoms with Gasteiger partial charge in [-0.1, -0.05) is 13.3 Å². The maximum absolute atomic E-state index is 10.1. The third kappa shape index (κ3) is 84.0. The Morgan fingerprint density at radius 3 is 1.38 bits per heavy atom. The topological polar surface area (TPSA) is 116 Å². The average molecular weight is 314 g/mol. The van der Waals surface area contributed by atoms with Gasteiger partial charge in [0, 0.05) is 20.1 Å². The molecular formula is C14H34O7. The van der Waals surface area contributed by atoms with Gasteiger partial charge in [0.2, 0.25) is 0 Å². The number of hydrogen-bond donors (Lipinski definition) is 4. The van der Waals surface area contributed by atoms with Gasteiger partial charge in [0.05, 0.1) is 33.0 Å². The van der Waals surface area contributed by atoms with Crippen LogP contribution in [0.4, 0.5) is 0 Å².